The minimum Gasteiger partial charge on any atom is -0.452 e. The lowest BCUT2D eigenvalue weighted by Crippen LogP contribution is -2.36. The molecule has 0 aliphatic rings. The number of imidazole rings is 1. The molecule has 0 radical (unpaired) electrons. The first-order valence-corrected chi connectivity index (χ1v) is 6.93. The third-order valence-corrected chi connectivity index (χ3v) is 2.87. The van der Waals surface area contributed by atoms with Gasteiger partial charge in [-0.05, 0) is 5.56 Å². The van der Waals surface area contributed by atoms with Crippen molar-refractivity contribution < 1.29 is 9.53 Å². The van der Waals surface area contributed by atoms with Crippen molar-refractivity contribution >= 4 is 6.03 Å². The van der Waals surface area contributed by atoms with E-state index >= 15 is 0 Å². The van der Waals surface area contributed by atoms with Gasteiger partial charge < -0.3 is 20.4 Å². The van der Waals surface area contributed by atoms with E-state index in [4.69, 9.17) is 11.2 Å². The number of benzene rings is 1. The molecule has 0 fully saturated rings. The third-order valence-electron chi connectivity index (χ3n) is 2.87. The number of nitrogens with one attached hydrogen (secondary N) is 3. The summed E-state index contributed by atoms with van der Waals surface area (Å²) in [5.41, 5.74) is 1.93. The van der Waals surface area contributed by atoms with Gasteiger partial charge in [-0.1, -0.05) is 36.3 Å². The SMILES string of the molecule is C#CCOc1ncc(CCNC(=O)NCc2ccccc2)[nH]1. The Morgan fingerprint density at radius 1 is 1.32 bits per heavy atom. The van der Waals surface area contributed by atoms with E-state index in [9.17, 15) is 4.79 Å². The van der Waals surface area contributed by atoms with Gasteiger partial charge >= 0.3 is 6.03 Å². The van der Waals surface area contributed by atoms with Gasteiger partial charge in [0.2, 0.25) is 0 Å². The Hall–Kier alpha value is -2.94. The average Bonchev–Trinajstić information content (AvgIpc) is 3.00. The molecule has 1 aromatic heterocycles. The highest BCUT2D eigenvalue weighted by Crippen LogP contribution is 2.04. The van der Waals surface area contributed by atoms with E-state index in [1.807, 2.05) is 30.3 Å². The fourth-order valence-corrected chi connectivity index (χ4v) is 1.80. The van der Waals surface area contributed by atoms with E-state index < -0.39 is 0 Å². The van der Waals surface area contributed by atoms with E-state index in [1.165, 1.54) is 0 Å². The number of amides is 2. The molecule has 3 N–H and O–H groups in total. The fourth-order valence-electron chi connectivity index (χ4n) is 1.80. The molecule has 0 saturated carbocycles. The number of aromatic nitrogens is 2. The average molecular weight is 298 g/mol. The Balaban J connectivity index is 1.64. The van der Waals surface area contributed by atoms with Crippen LogP contribution in [0.15, 0.2) is 36.5 Å². The Labute approximate surface area is 129 Å². The Bertz CT molecular complexity index is 631. The zero-order valence-electron chi connectivity index (χ0n) is 12.1. The molecule has 0 bridgehead atoms. The second kappa shape index (κ2) is 8.37. The number of hydrogen-bond acceptors (Lipinski definition) is 3. The van der Waals surface area contributed by atoms with Crippen molar-refractivity contribution in [2.45, 2.75) is 13.0 Å². The van der Waals surface area contributed by atoms with E-state index in [0.29, 0.717) is 25.5 Å². The van der Waals surface area contributed by atoms with Gasteiger partial charge in [0.25, 0.3) is 6.01 Å². The maximum absolute atomic E-state index is 11.7. The maximum Gasteiger partial charge on any atom is 0.315 e. The van der Waals surface area contributed by atoms with Crippen molar-refractivity contribution in [3.8, 4) is 18.4 Å². The van der Waals surface area contributed by atoms with Gasteiger partial charge in [-0.2, -0.15) is 0 Å². The summed E-state index contributed by atoms with van der Waals surface area (Å²) >= 11 is 0. The quantitative estimate of drug-likeness (QED) is 0.677. The topological polar surface area (TPSA) is 79.0 Å². The molecular weight excluding hydrogens is 280 g/mol. The maximum atomic E-state index is 11.7. The van der Waals surface area contributed by atoms with Gasteiger partial charge in [-0.3, -0.25) is 0 Å². The number of urea groups is 1. The second-order valence-corrected chi connectivity index (χ2v) is 4.55. The lowest BCUT2D eigenvalue weighted by atomic mass is 10.2. The molecule has 22 heavy (non-hydrogen) atoms. The summed E-state index contributed by atoms with van der Waals surface area (Å²) in [6, 6.07) is 9.93. The minimum atomic E-state index is -0.202. The van der Waals surface area contributed by atoms with Gasteiger partial charge in [0.1, 0.15) is 0 Å². The third kappa shape index (κ3) is 5.21. The lowest BCUT2D eigenvalue weighted by molar-refractivity contribution is 0.240. The molecule has 2 rings (SSSR count). The van der Waals surface area contributed by atoms with Crippen molar-refractivity contribution in [1.82, 2.24) is 20.6 Å². The summed E-state index contributed by atoms with van der Waals surface area (Å²) in [7, 11) is 0. The molecular formula is C16H18N4O2. The molecule has 6 nitrogen and oxygen atoms in total. The molecule has 0 aliphatic carbocycles. The summed E-state index contributed by atoms with van der Waals surface area (Å²) in [6.45, 7) is 1.17. The molecule has 1 heterocycles. The Morgan fingerprint density at radius 2 is 2.14 bits per heavy atom. The van der Waals surface area contributed by atoms with Gasteiger partial charge in [0.15, 0.2) is 6.61 Å². The van der Waals surface area contributed by atoms with Crippen molar-refractivity contribution in [1.29, 1.82) is 0 Å². The number of carbonyl (C=O) groups excluding carboxylic acids is 1. The summed E-state index contributed by atoms with van der Waals surface area (Å²) in [5.74, 6) is 2.36. The number of aromatic amines is 1. The number of H-pyrrole nitrogens is 1. The summed E-state index contributed by atoms with van der Waals surface area (Å²) in [6.07, 6.45) is 7.39. The van der Waals surface area contributed by atoms with Crippen LogP contribution in [0.5, 0.6) is 6.01 Å². The van der Waals surface area contributed by atoms with Crippen LogP contribution in [0, 0.1) is 12.3 Å². The standard InChI is InChI=1S/C16H18N4O2/c1-2-10-22-16-19-12-14(20-16)8-9-17-15(21)18-11-13-6-4-3-5-7-13/h1,3-7,12H,8-11H2,(H,19,20)(H2,17,18,21). The van der Waals surface area contributed by atoms with Crippen LogP contribution in [0.4, 0.5) is 4.79 Å². The zero-order chi connectivity index (χ0) is 15.6. The monoisotopic (exact) mass is 298 g/mol. The van der Waals surface area contributed by atoms with Crippen LogP contribution in [-0.2, 0) is 13.0 Å². The van der Waals surface area contributed by atoms with E-state index in [1.54, 1.807) is 6.20 Å². The molecule has 0 aliphatic heterocycles. The molecule has 0 saturated heterocycles. The van der Waals surface area contributed by atoms with E-state index in [0.717, 1.165) is 11.3 Å². The highest BCUT2D eigenvalue weighted by molar-refractivity contribution is 5.73. The highest BCUT2D eigenvalue weighted by Gasteiger charge is 2.03. The van der Waals surface area contributed by atoms with Crippen LogP contribution in [0.2, 0.25) is 0 Å². The molecule has 114 valence electrons. The molecule has 2 aromatic rings. The highest BCUT2D eigenvalue weighted by atomic mass is 16.5. The van der Waals surface area contributed by atoms with E-state index in [2.05, 4.69) is 26.5 Å². The molecule has 6 heteroatoms. The van der Waals surface area contributed by atoms with Crippen LogP contribution in [-0.4, -0.2) is 29.2 Å². The number of carbonyl (C=O) groups is 1. The van der Waals surface area contributed by atoms with Crippen LogP contribution in [0.1, 0.15) is 11.3 Å². The first kappa shape index (κ1) is 15.4. The largest absolute Gasteiger partial charge is 0.452 e. The fraction of sp³-hybridized carbons (Fsp3) is 0.250. The smallest absolute Gasteiger partial charge is 0.315 e. The molecule has 0 spiro atoms. The minimum absolute atomic E-state index is 0.174. The van der Waals surface area contributed by atoms with Crippen molar-refractivity contribution in [2.24, 2.45) is 0 Å². The van der Waals surface area contributed by atoms with Gasteiger partial charge in [-0.15, -0.1) is 6.42 Å². The van der Waals surface area contributed by atoms with Crippen molar-refractivity contribution in [3.63, 3.8) is 0 Å². The van der Waals surface area contributed by atoms with Gasteiger partial charge in [0, 0.05) is 25.2 Å². The number of terminal acetylenes is 1. The first-order valence-electron chi connectivity index (χ1n) is 6.93. The lowest BCUT2D eigenvalue weighted by Gasteiger charge is -2.07. The van der Waals surface area contributed by atoms with Gasteiger partial charge in [-0.25, -0.2) is 9.78 Å². The van der Waals surface area contributed by atoms with Crippen molar-refractivity contribution in [3.05, 3.63) is 47.8 Å². The molecule has 1 aromatic carbocycles. The Morgan fingerprint density at radius 3 is 2.91 bits per heavy atom. The van der Waals surface area contributed by atoms with Crippen LogP contribution < -0.4 is 15.4 Å². The Kier molecular flexibility index (Phi) is 5.88. The second-order valence-electron chi connectivity index (χ2n) is 4.55. The molecule has 0 unspecified atom stereocenters. The van der Waals surface area contributed by atoms with Crippen LogP contribution >= 0.6 is 0 Å². The molecule has 0 atom stereocenters. The van der Waals surface area contributed by atoms with Crippen LogP contribution in [0.25, 0.3) is 0 Å². The molecule has 2 amide bonds. The normalized spacial score (nSPS) is 9.77. The predicted octanol–water partition coefficient (Wildman–Crippen LogP) is 1.46. The zero-order valence-corrected chi connectivity index (χ0v) is 12.1. The first-order chi connectivity index (χ1) is 10.8. The number of rotatable bonds is 7. The summed E-state index contributed by atoms with van der Waals surface area (Å²) in [4.78, 5) is 18.7. The van der Waals surface area contributed by atoms with Crippen molar-refractivity contribution in [2.75, 3.05) is 13.2 Å². The number of ether oxygens (including phenoxy) is 1. The van der Waals surface area contributed by atoms with Crippen LogP contribution in [0.3, 0.4) is 0 Å². The number of hydrogen-bond donors (Lipinski definition) is 3. The predicted molar refractivity (Wildman–Crippen MR) is 83.3 cm³/mol. The number of nitrogens with zero attached hydrogens (tertiary/aromatic N) is 1. The summed E-state index contributed by atoms with van der Waals surface area (Å²) in [5, 5.41) is 5.58. The van der Waals surface area contributed by atoms with Gasteiger partial charge in [0.05, 0.1) is 6.20 Å². The van der Waals surface area contributed by atoms with E-state index in [-0.39, 0.29) is 12.6 Å². The summed E-state index contributed by atoms with van der Waals surface area (Å²) < 4.78 is 5.15.